The van der Waals surface area contributed by atoms with Crippen molar-refractivity contribution >= 4 is 5.91 Å². The van der Waals surface area contributed by atoms with Gasteiger partial charge in [-0.2, -0.15) is 5.10 Å². The van der Waals surface area contributed by atoms with Crippen molar-refractivity contribution < 1.29 is 9.90 Å². The maximum atomic E-state index is 12.6. The van der Waals surface area contributed by atoms with Gasteiger partial charge in [0.05, 0.1) is 12.1 Å². The standard InChI is InChI=1S/C15H23N3O2/c19-9-10-4-1-2-6-13(10)17-15(20)11-5-3-7-14-12(11)8-16-18-14/h8,10-11,13,19H,1-7,9H2,(H,16,18)(H,17,20). The summed E-state index contributed by atoms with van der Waals surface area (Å²) in [5.74, 6) is 0.261. The van der Waals surface area contributed by atoms with Gasteiger partial charge in [0, 0.05) is 29.8 Å². The molecular formula is C15H23N3O2. The molecule has 5 heteroatoms. The molecule has 1 aromatic heterocycles. The van der Waals surface area contributed by atoms with Crippen LogP contribution in [0.3, 0.4) is 0 Å². The number of nitrogens with one attached hydrogen (secondary N) is 2. The molecule has 1 aromatic rings. The number of fused-ring (bicyclic) bond motifs is 1. The fourth-order valence-electron chi connectivity index (χ4n) is 3.63. The molecule has 0 aliphatic heterocycles. The molecule has 2 aliphatic rings. The van der Waals surface area contributed by atoms with E-state index < -0.39 is 0 Å². The number of aromatic nitrogens is 2. The van der Waals surface area contributed by atoms with Gasteiger partial charge in [0.25, 0.3) is 0 Å². The van der Waals surface area contributed by atoms with Gasteiger partial charge in [-0.1, -0.05) is 12.8 Å². The highest BCUT2D eigenvalue weighted by Crippen LogP contribution is 2.31. The Morgan fingerprint density at radius 2 is 2.20 bits per heavy atom. The fraction of sp³-hybridized carbons (Fsp3) is 0.733. The third-order valence-electron chi connectivity index (χ3n) is 4.83. The molecule has 110 valence electrons. The molecule has 1 saturated carbocycles. The molecule has 3 rings (SSSR count). The van der Waals surface area contributed by atoms with Crippen LogP contribution in [0, 0.1) is 5.92 Å². The first kappa shape index (κ1) is 13.6. The SMILES string of the molecule is O=C(NC1CCCCC1CO)C1CCCc2[nH]ncc21. The first-order chi connectivity index (χ1) is 9.79. The lowest BCUT2D eigenvalue weighted by Crippen LogP contribution is -2.45. The van der Waals surface area contributed by atoms with E-state index in [0.717, 1.165) is 56.2 Å². The fourth-order valence-corrected chi connectivity index (χ4v) is 3.63. The Morgan fingerprint density at radius 1 is 1.35 bits per heavy atom. The molecule has 3 unspecified atom stereocenters. The molecule has 0 bridgehead atoms. The topological polar surface area (TPSA) is 78.0 Å². The molecule has 3 N–H and O–H groups in total. The maximum absolute atomic E-state index is 12.6. The molecule has 0 spiro atoms. The van der Waals surface area contributed by atoms with E-state index in [9.17, 15) is 9.90 Å². The van der Waals surface area contributed by atoms with Gasteiger partial charge in [-0.05, 0) is 32.1 Å². The molecule has 2 aliphatic carbocycles. The van der Waals surface area contributed by atoms with E-state index >= 15 is 0 Å². The second kappa shape index (κ2) is 5.95. The molecule has 0 saturated heterocycles. The summed E-state index contributed by atoms with van der Waals surface area (Å²) >= 11 is 0. The number of carbonyl (C=O) groups excluding carboxylic acids is 1. The van der Waals surface area contributed by atoms with Crippen molar-refractivity contribution in [3.8, 4) is 0 Å². The molecule has 0 radical (unpaired) electrons. The van der Waals surface area contributed by atoms with Gasteiger partial charge < -0.3 is 10.4 Å². The van der Waals surface area contributed by atoms with Crippen LogP contribution in [0.2, 0.25) is 0 Å². The Hall–Kier alpha value is -1.36. The molecule has 1 fully saturated rings. The van der Waals surface area contributed by atoms with Crippen LogP contribution in [0.25, 0.3) is 0 Å². The Bertz CT molecular complexity index is 471. The Morgan fingerprint density at radius 3 is 3.05 bits per heavy atom. The van der Waals surface area contributed by atoms with E-state index in [2.05, 4.69) is 15.5 Å². The van der Waals surface area contributed by atoms with Crippen LogP contribution in [0.15, 0.2) is 6.20 Å². The molecule has 3 atom stereocenters. The van der Waals surface area contributed by atoms with Crippen LogP contribution in [-0.4, -0.2) is 33.9 Å². The Labute approximate surface area is 119 Å². The third kappa shape index (κ3) is 2.59. The summed E-state index contributed by atoms with van der Waals surface area (Å²) in [5, 5.41) is 19.7. The Balaban J connectivity index is 1.68. The maximum Gasteiger partial charge on any atom is 0.227 e. The first-order valence-electron chi connectivity index (χ1n) is 7.73. The number of aliphatic hydroxyl groups is 1. The summed E-state index contributed by atoms with van der Waals surface area (Å²) in [4.78, 5) is 12.6. The van der Waals surface area contributed by atoms with Gasteiger partial charge in [0.15, 0.2) is 0 Å². The molecular weight excluding hydrogens is 254 g/mol. The van der Waals surface area contributed by atoms with Crippen molar-refractivity contribution in [3.05, 3.63) is 17.5 Å². The largest absolute Gasteiger partial charge is 0.396 e. The Kier molecular flexibility index (Phi) is 4.05. The average molecular weight is 277 g/mol. The minimum absolute atomic E-state index is 0.0706. The predicted octanol–water partition coefficient (Wildman–Crippen LogP) is 1.50. The minimum atomic E-state index is -0.0706. The normalized spacial score (nSPS) is 29.8. The number of rotatable bonds is 3. The smallest absolute Gasteiger partial charge is 0.227 e. The monoisotopic (exact) mass is 277 g/mol. The van der Waals surface area contributed by atoms with Crippen molar-refractivity contribution in [2.45, 2.75) is 56.9 Å². The number of amides is 1. The van der Waals surface area contributed by atoms with Crippen molar-refractivity contribution in [1.29, 1.82) is 0 Å². The number of aliphatic hydroxyl groups excluding tert-OH is 1. The summed E-state index contributed by atoms with van der Waals surface area (Å²) in [7, 11) is 0. The van der Waals surface area contributed by atoms with Crippen LogP contribution in [0.4, 0.5) is 0 Å². The number of H-pyrrole nitrogens is 1. The van der Waals surface area contributed by atoms with Crippen LogP contribution in [0.5, 0.6) is 0 Å². The van der Waals surface area contributed by atoms with Crippen LogP contribution >= 0.6 is 0 Å². The first-order valence-corrected chi connectivity index (χ1v) is 7.73. The number of carbonyl (C=O) groups is 1. The number of hydrogen-bond donors (Lipinski definition) is 3. The van der Waals surface area contributed by atoms with Crippen molar-refractivity contribution in [2.24, 2.45) is 5.92 Å². The van der Waals surface area contributed by atoms with Crippen LogP contribution in [-0.2, 0) is 11.2 Å². The highest BCUT2D eigenvalue weighted by molar-refractivity contribution is 5.84. The average Bonchev–Trinajstić information content (AvgIpc) is 2.96. The predicted molar refractivity (Wildman–Crippen MR) is 75.2 cm³/mol. The zero-order chi connectivity index (χ0) is 13.9. The summed E-state index contributed by atoms with van der Waals surface area (Å²) in [6, 6.07) is 0.138. The zero-order valence-corrected chi connectivity index (χ0v) is 11.8. The molecule has 20 heavy (non-hydrogen) atoms. The van der Waals surface area contributed by atoms with E-state index in [4.69, 9.17) is 0 Å². The van der Waals surface area contributed by atoms with Gasteiger partial charge in [0.2, 0.25) is 5.91 Å². The number of aryl methyl sites for hydroxylation is 1. The lowest BCUT2D eigenvalue weighted by molar-refractivity contribution is -0.124. The van der Waals surface area contributed by atoms with Crippen molar-refractivity contribution in [2.75, 3.05) is 6.61 Å². The van der Waals surface area contributed by atoms with Gasteiger partial charge in [-0.15, -0.1) is 0 Å². The van der Waals surface area contributed by atoms with Gasteiger partial charge in [0.1, 0.15) is 0 Å². The van der Waals surface area contributed by atoms with Gasteiger partial charge >= 0.3 is 0 Å². The van der Waals surface area contributed by atoms with Gasteiger partial charge in [-0.3, -0.25) is 9.89 Å². The minimum Gasteiger partial charge on any atom is -0.396 e. The van der Waals surface area contributed by atoms with Crippen molar-refractivity contribution in [1.82, 2.24) is 15.5 Å². The van der Waals surface area contributed by atoms with Crippen molar-refractivity contribution in [3.63, 3.8) is 0 Å². The van der Waals surface area contributed by atoms with Gasteiger partial charge in [-0.25, -0.2) is 0 Å². The van der Waals surface area contributed by atoms with E-state index in [-0.39, 0.29) is 30.4 Å². The number of nitrogens with zero attached hydrogens (tertiary/aromatic N) is 1. The second-order valence-electron chi connectivity index (χ2n) is 6.09. The molecule has 5 nitrogen and oxygen atoms in total. The molecule has 0 aromatic carbocycles. The lowest BCUT2D eigenvalue weighted by atomic mass is 9.83. The van der Waals surface area contributed by atoms with E-state index in [1.165, 1.54) is 0 Å². The van der Waals surface area contributed by atoms with E-state index in [1.54, 1.807) is 6.20 Å². The van der Waals surface area contributed by atoms with E-state index in [0.29, 0.717) is 0 Å². The summed E-state index contributed by atoms with van der Waals surface area (Å²) in [5.41, 5.74) is 2.17. The highest BCUT2D eigenvalue weighted by atomic mass is 16.3. The summed E-state index contributed by atoms with van der Waals surface area (Å²) < 4.78 is 0. The summed E-state index contributed by atoms with van der Waals surface area (Å²) in [6.07, 6.45) is 9.02. The third-order valence-corrected chi connectivity index (χ3v) is 4.83. The lowest BCUT2D eigenvalue weighted by Gasteiger charge is -2.32. The van der Waals surface area contributed by atoms with E-state index in [1.807, 2.05) is 0 Å². The number of aromatic amines is 1. The molecule has 1 amide bonds. The highest BCUT2D eigenvalue weighted by Gasteiger charge is 2.32. The summed E-state index contributed by atoms with van der Waals surface area (Å²) in [6.45, 7) is 0.173. The second-order valence-corrected chi connectivity index (χ2v) is 6.09. The van der Waals surface area contributed by atoms with Crippen LogP contribution in [0.1, 0.15) is 55.7 Å². The number of hydrogen-bond acceptors (Lipinski definition) is 3. The molecule has 1 heterocycles. The quantitative estimate of drug-likeness (QED) is 0.783. The zero-order valence-electron chi connectivity index (χ0n) is 11.8. The van der Waals surface area contributed by atoms with Crippen LogP contribution < -0.4 is 5.32 Å².